The molecule has 3 heterocycles. The summed E-state index contributed by atoms with van der Waals surface area (Å²) in [4.78, 5) is 34.7. The number of amides is 2. The zero-order chi connectivity index (χ0) is 18.8. The smallest absolute Gasteiger partial charge is 0.248 e. The van der Waals surface area contributed by atoms with Gasteiger partial charge in [0.25, 0.3) is 0 Å². The number of aromatic amines is 1. The van der Waals surface area contributed by atoms with E-state index in [-0.39, 0.29) is 30.7 Å². The summed E-state index contributed by atoms with van der Waals surface area (Å²) in [7, 11) is 1.53. The average Bonchev–Trinajstić information content (AvgIpc) is 2.98. The number of likely N-dealkylation sites (N-methyl/N-ethyl adjacent to an activating group) is 1. The third kappa shape index (κ3) is 3.34. The molecule has 9 heteroatoms. The monoisotopic (exact) mass is 360 g/mol. The molecule has 2 amide bonds. The summed E-state index contributed by atoms with van der Waals surface area (Å²) in [6, 6.07) is -1.13. The van der Waals surface area contributed by atoms with Crippen molar-refractivity contribution in [2.75, 3.05) is 13.6 Å². The Morgan fingerprint density at radius 2 is 2.00 bits per heavy atom. The molecule has 0 unspecified atom stereocenters. The van der Waals surface area contributed by atoms with Crippen LogP contribution in [0.2, 0.25) is 0 Å². The maximum atomic E-state index is 13.1. The van der Waals surface area contributed by atoms with E-state index >= 15 is 0 Å². The molecule has 9 nitrogen and oxygen atoms in total. The second-order valence-corrected chi connectivity index (χ2v) is 6.89. The standard InChI is InChI=1S/C17H24N6O3/c1-10(2)15(23-8-13(21-23)11-5-19-9-20-6-11)17(26)22-7-12(24)4-14(22)16(25)18-3/h5-6,8-10,12,14-15,21,24H,4,7H2,1-3H3,(H,18,25)/t12-,14+,15+/m1/s1. The first-order valence-electron chi connectivity index (χ1n) is 8.64. The second kappa shape index (κ2) is 7.28. The summed E-state index contributed by atoms with van der Waals surface area (Å²) in [6.45, 7) is 4.06. The van der Waals surface area contributed by atoms with E-state index in [0.717, 1.165) is 11.3 Å². The van der Waals surface area contributed by atoms with Crippen molar-refractivity contribution < 1.29 is 14.7 Å². The molecule has 0 aromatic carbocycles. The lowest BCUT2D eigenvalue weighted by Gasteiger charge is -2.32. The minimum Gasteiger partial charge on any atom is -0.391 e. The summed E-state index contributed by atoms with van der Waals surface area (Å²) < 4.78 is 1.74. The lowest BCUT2D eigenvalue weighted by molar-refractivity contribution is -0.142. The first-order valence-corrected chi connectivity index (χ1v) is 8.64. The number of likely N-dealkylation sites (tertiary alicyclic amines) is 1. The van der Waals surface area contributed by atoms with E-state index in [4.69, 9.17) is 0 Å². The lowest BCUT2D eigenvalue weighted by Crippen LogP contribution is -2.48. The number of hydrogen-bond acceptors (Lipinski definition) is 5. The summed E-state index contributed by atoms with van der Waals surface area (Å²) in [6.07, 6.45) is 6.24. The molecule has 2 aromatic rings. The maximum absolute atomic E-state index is 13.1. The third-order valence-electron chi connectivity index (χ3n) is 4.68. The largest absolute Gasteiger partial charge is 0.391 e. The molecule has 3 rings (SSSR count). The van der Waals surface area contributed by atoms with Gasteiger partial charge in [-0.15, -0.1) is 0 Å². The number of H-pyrrole nitrogens is 1. The highest BCUT2D eigenvalue weighted by molar-refractivity contribution is 5.90. The predicted molar refractivity (Wildman–Crippen MR) is 93.9 cm³/mol. The van der Waals surface area contributed by atoms with Crippen LogP contribution in [0.25, 0.3) is 11.3 Å². The molecule has 140 valence electrons. The van der Waals surface area contributed by atoms with Crippen LogP contribution in [0.5, 0.6) is 0 Å². The number of carbonyl (C=O) groups excluding carboxylic acids is 2. The van der Waals surface area contributed by atoms with Gasteiger partial charge in [0.15, 0.2) is 0 Å². The van der Waals surface area contributed by atoms with E-state index in [0.29, 0.717) is 0 Å². The van der Waals surface area contributed by atoms with Crippen LogP contribution >= 0.6 is 0 Å². The van der Waals surface area contributed by atoms with E-state index in [1.807, 2.05) is 20.0 Å². The number of nitrogens with one attached hydrogen (secondary N) is 2. The van der Waals surface area contributed by atoms with Gasteiger partial charge in [0, 0.05) is 44.2 Å². The number of aliphatic hydroxyl groups is 1. The molecule has 3 atom stereocenters. The van der Waals surface area contributed by atoms with E-state index in [1.54, 1.807) is 17.1 Å². The molecule has 26 heavy (non-hydrogen) atoms. The van der Waals surface area contributed by atoms with Crippen molar-refractivity contribution in [3.8, 4) is 11.3 Å². The molecular formula is C17H24N6O3. The van der Waals surface area contributed by atoms with E-state index in [1.165, 1.54) is 18.3 Å². The van der Waals surface area contributed by atoms with Gasteiger partial charge in [-0.3, -0.25) is 19.4 Å². The van der Waals surface area contributed by atoms with Gasteiger partial charge in [0.05, 0.1) is 11.8 Å². The third-order valence-corrected chi connectivity index (χ3v) is 4.68. The molecule has 1 aliphatic rings. The molecule has 1 fully saturated rings. The average molecular weight is 360 g/mol. The van der Waals surface area contributed by atoms with Crippen molar-refractivity contribution in [3.05, 3.63) is 24.9 Å². The van der Waals surface area contributed by atoms with Crippen LogP contribution in [0, 0.1) is 5.92 Å². The van der Waals surface area contributed by atoms with Gasteiger partial charge in [-0.25, -0.2) is 9.97 Å². The normalized spacial score (nSPS) is 21.2. The Labute approximate surface area is 151 Å². The molecule has 0 spiro atoms. The van der Waals surface area contributed by atoms with Crippen molar-refractivity contribution in [1.29, 1.82) is 0 Å². The van der Waals surface area contributed by atoms with Crippen molar-refractivity contribution in [1.82, 2.24) is 30.0 Å². The maximum Gasteiger partial charge on any atom is 0.248 e. The Bertz CT molecular complexity index is 757. The van der Waals surface area contributed by atoms with E-state index in [2.05, 4.69) is 20.4 Å². The quantitative estimate of drug-likeness (QED) is 0.703. The van der Waals surface area contributed by atoms with Crippen molar-refractivity contribution in [2.45, 2.75) is 38.5 Å². The van der Waals surface area contributed by atoms with Crippen LogP contribution in [0.3, 0.4) is 0 Å². The Balaban J connectivity index is 1.82. The highest BCUT2D eigenvalue weighted by Gasteiger charge is 2.42. The molecule has 0 saturated carbocycles. The fraction of sp³-hybridized carbons (Fsp3) is 0.529. The van der Waals surface area contributed by atoms with Gasteiger partial charge in [-0.05, 0) is 5.92 Å². The van der Waals surface area contributed by atoms with Gasteiger partial charge >= 0.3 is 0 Å². The van der Waals surface area contributed by atoms with Crippen molar-refractivity contribution >= 4 is 11.8 Å². The van der Waals surface area contributed by atoms with Crippen LogP contribution in [0.1, 0.15) is 26.3 Å². The second-order valence-electron chi connectivity index (χ2n) is 6.89. The minimum atomic E-state index is -0.689. The minimum absolute atomic E-state index is 0.00269. The first kappa shape index (κ1) is 18.1. The van der Waals surface area contributed by atoms with Gasteiger partial charge in [0.2, 0.25) is 11.8 Å². The number of rotatable bonds is 5. The zero-order valence-electron chi connectivity index (χ0n) is 15.1. The Kier molecular flexibility index (Phi) is 5.08. The zero-order valence-corrected chi connectivity index (χ0v) is 15.1. The number of carbonyl (C=O) groups is 2. The summed E-state index contributed by atoms with van der Waals surface area (Å²) in [5, 5.41) is 15.7. The highest BCUT2D eigenvalue weighted by atomic mass is 16.3. The number of hydrogen-bond donors (Lipinski definition) is 3. The molecule has 1 aliphatic heterocycles. The molecule has 2 aromatic heterocycles. The van der Waals surface area contributed by atoms with Gasteiger partial charge in [-0.1, -0.05) is 13.8 Å². The van der Waals surface area contributed by atoms with Crippen molar-refractivity contribution in [3.63, 3.8) is 0 Å². The number of β-amino-alcohol motifs (C(OH)–C–C–N with tert-alkyl or cyclic N) is 1. The first-order chi connectivity index (χ1) is 12.4. The molecular weight excluding hydrogens is 336 g/mol. The molecule has 0 aliphatic carbocycles. The fourth-order valence-electron chi connectivity index (χ4n) is 3.37. The van der Waals surface area contributed by atoms with Gasteiger partial charge in [-0.2, -0.15) is 0 Å². The van der Waals surface area contributed by atoms with Crippen LogP contribution in [-0.2, 0) is 9.59 Å². The van der Waals surface area contributed by atoms with Crippen molar-refractivity contribution in [2.24, 2.45) is 5.92 Å². The molecule has 0 bridgehead atoms. The Morgan fingerprint density at radius 1 is 1.35 bits per heavy atom. The molecule has 0 radical (unpaired) electrons. The topological polar surface area (TPSA) is 116 Å². The van der Waals surface area contributed by atoms with Crippen LogP contribution < -0.4 is 5.32 Å². The van der Waals surface area contributed by atoms with Crippen LogP contribution in [-0.4, -0.2) is 67.3 Å². The Morgan fingerprint density at radius 3 is 2.58 bits per heavy atom. The van der Waals surface area contributed by atoms with Crippen LogP contribution in [0.15, 0.2) is 24.9 Å². The van der Waals surface area contributed by atoms with E-state index < -0.39 is 18.2 Å². The molecule has 1 saturated heterocycles. The number of nitrogens with zero attached hydrogens (tertiary/aromatic N) is 4. The molecule has 3 N–H and O–H groups in total. The Hall–Kier alpha value is -2.68. The highest BCUT2D eigenvalue weighted by Crippen LogP contribution is 2.29. The SMILES string of the molecule is CNC(=O)[C@@H]1C[C@@H](O)CN1C(=O)[C@H](C(C)C)n1cc(-c2cncnc2)[nH]1. The summed E-state index contributed by atoms with van der Waals surface area (Å²) in [5.41, 5.74) is 1.66. The van der Waals surface area contributed by atoms with E-state index in [9.17, 15) is 14.7 Å². The summed E-state index contributed by atoms with van der Waals surface area (Å²) in [5.74, 6) is -0.438. The van der Waals surface area contributed by atoms with Gasteiger partial charge < -0.3 is 15.3 Å². The summed E-state index contributed by atoms with van der Waals surface area (Å²) >= 11 is 0. The van der Waals surface area contributed by atoms with Crippen LogP contribution in [0.4, 0.5) is 0 Å². The number of aliphatic hydroxyl groups excluding tert-OH is 1. The number of aromatic nitrogens is 4. The van der Waals surface area contributed by atoms with Gasteiger partial charge in [0.1, 0.15) is 18.4 Å². The predicted octanol–water partition coefficient (Wildman–Crippen LogP) is 0.178. The fourth-order valence-corrected chi connectivity index (χ4v) is 3.37. The lowest BCUT2D eigenvalue weighted by atomic mass is 10.0.